The summed E-state index contributed by atoms with van der Waals surface area (Å²) in [6, 6.07) is 7.07. The molecule has 1 N–H and O–H groups in total. The monoisotopic (exact) mass is 286 g/mol. The fraction of sp³-hybridized carbons (Fsp3) is 0.143. The van der Waals surface area contributed by atoms with E-state index in [-0.39, 0.29) is 17.3 Å². The molecule has 0 bridgehead atoms. The van der Waals surface area contributed by atoms with Crippen molar-refractivity contribution in [3.05, 3.63) is 47.7 Å². The molecule has 0 aliphatic rings. The SMILES string of the molecule is CCc1nc2nc(-c3ccc(F)cc3)cc(C(=O)O)n2n1. The molecular formula is C14H11FN4O2. The van der Waals surface area contributed by atoms with Gasteiger partial charge in [-0.1, -0.05) is 6.92 Å². The van der Waals surface area contributed by atoms with Crippen LogP contribution < -0.4 is 0 Å². The minimum atomic E-state index is -1.13. The lowest BCUT2D eigenvalue weighted by Gasteiger charge is -2.04. The van der Waals surface area contributed by atoms with Crippen molar-refractivity contribution in [3.8, 4) is 11.3 Å². The highest BCUT2D eigenvalue weighted by Gasteiger charge is 2.16. The van der Waals surface area contributed by atoms with Crippen LogP contribution in [0.4, 0.5) is 4.39 Å². The predicted octanol–water partition coefficient (Wildman–Crippen LogP) is 2.19. The first-order valence-corrected chi connectivity index (χ1v) is 6.34. The summed E-state index contributed by atoms with van der Waals surface area (Å²) in [4.78, 5) is 19.8. The van der Waals surface area contributed by atoms with E-state index in [4.69, 9.17) is 0 Å². The van der Waals surface area contributed by atoms with Gasteiger partial charge in [-0.25, -0.2) is 14.2 Å². The van der Waals surface area contributed by atoms with Crippen molar-refractivity contribution in [2.75, 3.05) is 0 Å². The molecule has 2 aromatic heterocycles. The second-order valence-electron chi connectivity index (χ2n) is 4.43. The summed E-state index contributed by atoms with van der Waals surface area (Å²) >= 11 is 0. The Kier molecular flexibility index (Phi) is 3.09. The number of carboxylic acids is 1. The highest BCUT2D eigenvalue weighted by Crippen LogP contribution is 2.20. The molecule has 0 aliphatic carbocycles. The minimum Gasteiger partial charge on any atom is -0.477 e. The maximum atomic E-state index is 13.0. The van der Waals surface area contributed by atoms with Gasteiger partial charge < -0.3 is 5.11 Å². The Hall–Kier alpha value is -2.83. The molecule has 0 aliphatic heterocycles. The van der Waals surface area contributed by atoms with Gasteiger partial charge in [0, 0.05) is 12.0 Å². The van der Waals surface area contributed by atoms with Crippen molar-refractivity contribution in [2.45, 2.75) is 13.3 Å². The number of hydrogen-bond acceptors (Lipinski definition) is 4. The fourth-order valence-corrected chi connectivity index (χ4v) is 1.98. The third kappa shape index (κ3) is 2.33. The highest BCUT2D eigenvalue weighted by molar-refractivity contribution is 5.87. The Morgan fingerprint density at radius 2 is 2.00 bits per heavy atom. The van der Waals surface area contributed by atoms with E-state index in [0.29, 0.717) is 23.5 Å². The van der Waals surface area contributed by atoms with Gasteiger partial charge in [0.2, 0.25) is 0 Å². The van der Waals surface area contributed by atoms with Gasteiger partial charge in [-0.15, -0.1) is 5.10 Å². The molecule has 21 heavy (non-hydrogen) atoms. The molecule has 0 spiro atoms. The topological polar surface area (TPSA) is 80.4 Å². The summed E-state index contributed by atoms with van der Waals surface area (Å²) < 4.78 is 14.2. The first-order valence-electron chi connectivity index (χ1n) is 6.34. The van der Waals surface area contributed by atoms with Crippen LogP contribution in [0.5, 0.6) is 0 Å². The van der Waals surface area contributed by atoms with Crippen molar-refractivity contribution >= 4 is 11.7 Å². The third-order valence-electron chi connectivity index (χ3n) is 3.03. The lowest BCUT2D eigenvalue weighted by molar-refractivity contribution is 0.0687. The molecule has 1 aromatic carbocycles. The van der Waals surface area contributed by atoms with Crippen molar-refractivity contribution < 1.29 is 14.3 Å². The Balaban J connectivity index is 2.24. The Morgan fingerprint density at radius 3 is 2.62 bits per heavy atom. The zero-order valence-corrected chi connectivity index (χ0v) is 11.1. The van der Waals surface area contributed by atoms with E-state index in [9.17, 15) is 14.3 Å². The van der Waals surface area contributed by atoms with E-state index >= 15 is 0 Å². The molecule has 3 rings (SSSR count). The first kappa shape index (κ1) is 13.2. The number of carboxylic acid groups (broad SMARTS) is 1. The molecule has 0 radical (unpaired) electrons. The molecule has 0 unspecified atom stereocenters. The van der Waals surface area contributed by atoms with Gasteiger partial charge in [0.25, 0.3) is 5.78 Å². The molecule has 0 amide bonds. The average Bonchev–Trinajstić information content (AvgIpc) is 2.89. The van der Waals surface area contributed by atoms with E-state index < -0.39 is 5.97 Å². The molecule has 7 heteroatoms. The molecule has 0 saturated heterocycles. The zero-order chi connectivity index (χ0) is 15.0. The molecule has 0 atom stereocenters. The number of rotatable bonds is 3. The smallest absolute Gasteiger partial charge is 0.354 e. The summed E-state index contributed by atoms with van der Waals surface area (Å²) in [6.45, 7) is 1.87. The van der Waals surface area contributed by atoms with E-state index in [1.165, 1.54) is 34.8 Å². The molecule has 106 valence electrons. The van der Waals surface area contributed by atoms with Gasteiger partial charge in [0.15, 0.2) is 11.5 Å². The maximum absolute atomic E-state index is 13.0. The van der Waals surface area contributed by atoms with Crippen LogP contribution in [-0.2, 0) is 6.42 Å². The first-order chi connectivity index (χ1) is 10.1. The number of aromatic carboxylic acids is 1. The van der Waals surface area contributed by atoms with Crippen LogP contribution in [0.25, 0.3) is 17.0 Å². The van der Waals surface area contributed by atoms with Crippen LogP contribution in [-0.4, -0.2) is 30.7 Å². The Morgan fingerprint density at radius 1 is 1.29 bits per heavy atom. The van der Waals surface area contributed by atoms with Crippen molar-refractivity contribution in [1.29, 1.82) is 0 Å². The summed E-state index contributed by atoms with van der Waals surface area (Å²) in [5.74, 6) is -0.764. The number of carbonyl (C=O) groups is 1. The van der Waals surface area contributed by atoms with Gasteiger partial charge >= 0.3 is 5.97 Å². The summed E-state index contributed by atoms with van der Waals surface area (Å²) in [6.07, 6.45) is 0.578. The molecule has 6 nitrogen and oxygen atoms in total. The standard InChI is InChI=1S/C14H11FN4O2/c1-2-12-17-14-16-10(8-3-5-9(15)6-4-8)7-11(13(20)21)19(14)18-12/h3-7H,2H2,1H3,(H,20,21). The Bertz CT molecular complexity index is 827. The van der Waals surface area contributed by atoms with Gasteiger partial charge in [-0.2, -0.15) is 9.50 Å². The van der Waals surface area contributed by atoms with Crippen LogP contribution in [0.15, 0.2) is 30.3 Å². The van der Waals surface area contributed by atoms with Crippen LogP contribution >= 0.6 is 0 Å². The number of fused-ring (bicyclic) bond motifs is 1. The highest BCUT2D eigenvalue weighted by atomic mass is 19.1. The number of hydrogen-bond donors (Lipinski definition) is 1. The number of halogens is 1. The number of aryl methyl sites for hydroxylation is 1. The van der Waals surface area contributed by atoms with Crippen LogP contribution in [0, 0.1) is 5.82 Å². The van der Waals surface area contributed by atoms with E-state index in [0.717, 1.165) is 0 Å². The van der Waals surface area contributed by atoms with Gasteiger partial charge in [0.05, 0.1) is 5.69 Å². The maximum Gasteiger partial charge on any atom is 0.354 e. The zero-order valence-electron chi connectivity index (χ0n) is 11.1. The fourth-order valence-electron chi connectivity index (χ4n) is 1.98. The minimum absolute atomic E-state index is 0.0356. The van der Waals surface area contributed by atoms with Gasteiger partial charge in [-0.3, -0.25) is 0 Å². The van der Waals surface area contributed by atoms with Crippen molar-refractivity contribution in [3.63, 3.8) is 0 Å². The Labute approximate surface area is 118 Å². The number of aromatic nitrogens is 4. The molecule has 3 aromatic rings. The van der Waals surface area contributed by atoms with E-state index in [2.05, 4.69) is 15.1 Å². The van der Waals surface area contributed by atoms with E-state index in [1.807, 2.05) is 6.92 Å². The molecule has 0 fully saturated rings. The van der Waals surface area contributed by atoms with Crippen molar-refractivity contribution in [1.82, 2.24) is 19.6 Å². The van der Waals surface area contributed by atoms with Crippen LogP contribution in [0.3, 0.4) is 0 Å². The number of benzene rings is 1. The lowest BCUT2D eigenvalue weighted by atomic mass is 10.1. The molecule has 2 heterocycles. The largest absolute Gasteiger partial charge is 0.477 e. The average molecular weight is 286 g/mol. The summed E-state index contributed by atoms with van der Waals surface area (Å²) in [5.41, 5.74) is 0.990. The lowest BCUT2D eigenvalue weighted by Crippen LogP contribution is -2.08. The second-order valence-corrected chi connectivity index (χ2v) is 4.43. The summed E-state index contributed by atoms with van der Waals surface area (Å²) in [5, 5.41) is 13.4. The quantitative estimate of drug-likeness (QED) is 0.798. The van der Waals surface area contributed by atoms with Crippen molar-refractivity contribution in [2.24, 2.45) is 0 Å². The molecule has 0 saturated carbocycles. The van der Waals surface area contributed by atoms with Crippen LogP contribution in [0.2, 0.25) is 0 Å². The van der Waals surface area contributed by atoms with Crippen LogP contribution in [0.1, 0.15) is 23.2 Å². The van der Waals surface area contributed by atoms with E-state index in [1.54, 1.807) is 0 Å². The predicted molar refractivity (Wildman–Crippen MR) is 72.5 cm³/mol. The summed E-state index contributed by atoms with van der Waals surface area (Å²) in [7, 11) is 0. The molecular weight excluding hydrogens is 275 g/mol. The number of nitrogens with zero attached hydrogens (tertiary/aromatic N) is 4. The van der Waals surface area contributed by atoms with Gasteiger partial charge in [0.1, 0.15) is 5.82 Å². The third-order valence-corrected chi connectivity index (χ3v) is 3.03. The van der Waals surface area contributed by atoms with Gasteiger partial charge in [-0.05, 0) is 30.3 Å². The normalized spacial score (nSPS) is 11.0. The second kappa shape index (κ2) is 4.93.